The Kier molecular flexibility index (Phi) is 26.1. The van der Waals surface area contributed by atoms with Crippen LogP contribution in [0.5, 0.6) is 0 Å². The molecule has 18 nitrogen and oxygen atoms in total. The molecule has 0 aromatic heterocycles. The van der Waals surface area contributed by atoms with Crippen LogP contribution in [0, 0.1) is 23.7 Å². The minimum Gasteiger partial charge on any atom is -0.374 e. The van der Waals surface area contributed by atoms with Crippen LogP contribution in [0.25, 0.3) is 11.1 Å². The Morgan fingerprint density at radius 3 is 1.32 bits per heavy atom. The van der Waals surface area contributed by atoms with E-state index < -0.39 is 54.3 Å². The third kappa shape index (κ3) is 19.3. The number of likely N-dealkylation sites (N-methyl/N-ethyl adjacent to an activating group) is 1. The molecule has 4 aliphatic rings. The maximum atomic E-state index is 15.2. The van der Waals surface area contributed by atoms with E-state index in [2.05, 4.69) is 31.9 Å². The summed E-state index contributed by atoms with van der Waals surface area (Å²) in [6.07, 6.45) is 10.0. The topological polar surface area (TPSA) is 234 Å². The van der Waals surface area contributed by atoms with Gasteiger partial charge in [0.15, 0.2) is 0 Å². The third-order valence-corrected chi connectivity index (χ3v) is 20.5. The minimum absolute atomic E-state index is 0.0217. The Hall–Kier alpha value is -8.84. The number of Topliss-reactive ketones (excluding diaryl/α,β-unsaturated/α-hetero) is 1. The zero-order valence-electron chi connectivity index (χ0n) is 57.2. The number of carbonyl (C=O) groups excluding carboxylic acids is 8. The molecule has 2 aliphatic heterocycles. The molecule has 18 heteroatoms. The second-order valence-electron chi connectivity index (χ2n) is 27.3. The van der Waals surface area contributed by atoms with Crippen molar-refractivity contribution >= 4 is 47.1 Å². The van der Waals surface area contributed by atoms with Crippen LogP contribution in [0.1, 0.15) is 166 Å². The van der Waals surface area contributed by atoms with E-state index in [9.17, 15) is 28.8 Å². The first-order valence-electron chi connectivity index (χ1n) is 35.5. The van der Waals surface area contributed by atoms with Crippen molar-refractivity contribution in [2.75, 3.05) is 33.4 Å². The van der Waals surface area contributed by atoms with Crippen molar-refractivity contribution in [3.63, 3.8) is 0 Å². The third-order valence-electron chi connectivity index (χ3n) is 20.5. The molecular weight excluding hydrogens is 1230 g/mol. The highest BCUT2D eigenvalue weighted by atomic mass is 16.5. The maximum absolute atomic E-state index is 15.2. The summed E-state index contributed by atoms with van der Waals surface area (Å²) >= 11 is 0. The summed E-state index contributed by atoms with van der Waals surface area (Å²) in [5.41, 5.74) is 5.95. The van der Waals surface area contributed by atoms with Gasteiger partial charge in [0.2, 0.25) is 29.5 Å². The van der Waals surface area contributed by atoms with Crippen LogP contribution < -0.4 is 31.9 Å². The molecule has 4 fully saturated rings. The number of likely N-dealkylation sites (tertiary alicyclic amines) is 2. The number of ether oxygens (including phenoxy) is 2. The van der Waals surface area contributed by atoms with Gasteiger partial charge in [-0.3, -0.25) is 38.4 Å². The van der Waals surface area contributed by atoms with Crippen LogP contribution in [-0.2, 0) is 51.5 Å². The van der Waals surface area contributed by atoms with Gasteiger partial charge < -0.3 is 51.2 Å². The van der Waals surface area contributed by atoms with Gasteiger partial charge in [0, 0.05) is 54.6 Å². The zero-order chi connectivity index (χ0) is 68.9. The summed E-state index contributed by atoms with van der Waals surface area (Å²) in [4.78, 5) is 119. The average Bonchev–Trinajstić information content (AvgIpc) is 1.63. The van der Waals surface area contributed by atoms with Crippen molar-refractivity contribution in [2.24, 2.45) is 23.7 Å². The van der Waals surface area contributed by atoms with E-state index in [0.29, 0.717) is 30.8 Å². The van der Waals surface area contributed by atoms with E-state index >= 15 is 9.59 Å². The molecular formula is C80H98N8O10. The fraction of sp³-hybridized carbons (Fsp3) is 0.450. The fourth-order valence-corrected chi connectivity index (χ4v) is 14.4. The first-order chi connectivity index (χ1) is 47.6. The molecule has 10 atom stereocenters. The van der Waals surface area contributed by atoms with Gasteiger partial charge in [0.1, 0.15) is 23.9 Å². The van der Waals surface area contributed by atoms with Crippen molar-refractivity contribution in [1.82, 2.24) is 41.7 Å². The predicted octanol–water partition coefficient (Wildman–Crippen LogP) is 10.8. The normalized spacial score (nSPS) is 20.0. The maximum Gasteiger partial charge on any atom is 0.251 e. The van der Waals surface area contributed by atoms with Gasteiger partial charge in [-0.25, -0.2) is 0 Å². The van der Waals surface area contributed by atoms with Gasteiger partial charge in [-0.2, -0.15) is 0 Å². The van der Waals surface area contributed by atoms with Gasteiger partial charge in [0.25, 0.3) is 11.8 Å². The highest BCUT2D eigenvalue weighted by Gasteiger charge is 2.47. The minimum atomic E-state index is -0.971. The van der Waals surface area contributed by atoms with Crippen molar-refractivity contribution in [2.45, 2.75) is 172 Å². The standard InChI is InChI=1S/C80H98N8O10/c1-5-53(2)74(90)86-73(62-34-22-11-23-35-62)80(96)88-48-66(45-71(88)78(94)85-69(61-32-20-10-21-33-61)52-98-50-56-26-14-7-15-27-56)83-76(92)64-42-38-58(39-43-64)57-36-40-63(41-37-57)75(91)82-65-44-70(87(47-65)79(95)67(46-72(89)54(3)81-4)59-28-16-8-17-29-59)77(93)84-68(60-30-18-9-19-31-60)51-97-49-55-24-12-6-13-25-55/h6-7,9-10,12-15,18-21,24-27,30-33,36-43,53-54,59,62,65-71,73,81H,5,8,11,16-17,22-23,28-29,34-35,44-52H2,1-4H3,(H,82,91)(H,83,92)(H,84,93)(H,85,94)(H,86,90)/t53-,54+,65+,66+,67+,68-,69-,70+,71+,73+/m1/s1. The number of hydrogen-bond acceptors (Lipinski definition) is 11. The first-order valence-corrected chi connectivity index (χ1v) is 35.5. The van der Waals surface area contributed by atoms with Crippen molar-refractivity contribution in [3.8, 4) is 11.1 Å². The molecule has 6 aromatic carbocycles. The summed E-state index contributed by atoms with van der Waals surface area (Å²) in [7, 11) is 1.73. The fourth-order valence-electron chi connectivity index (χ4n) is 14.4. The largest absolute Gasteiger partial charge is 0.374 e. The quantitative estimate of drug-likeness (QED) is 0.0248. The van der Waals surface area contributed by atoms with E-state index in [4.69, 9.17) is 9.47 Å². The van der Waals surface area contributed by atoms with Crippen molar-refractivity contribution in [1.29, 1.82) is 0 Å². The molecule has 6 N–H and O–H groups in total. The molecule has 0 radical (unpaired) electrons. The highest BCUT2D eigenvalue weighted by Crippen LogP contribution is 2.37. The van der Waals surface area contributed by atoms with Crippen molar-refractivity contribution < 1.29 is 47.8 Å². The van der Waals surface area contributed by atoms with E-state index in [0.717, 1.165) is 97.6 Å². The molecule has 98 heavy (non-hydrogen) atoms. The monoisotopic (exact) mass is 1330 g/mol. The lowest BCUT2D eigenvalue weighted by Crippen LogP contribution is -2.57. The number of nitrogens with zero attached hydrogens (tertiary/aromatic N) is 2. The Morgan fingerprint density at radius 1 is 0.490 bits per heavy atom. The second-order valence-corrected chi connectivity index (χ2v) is 27.3. The Morgan fingerprint density at radius 2 is 0.898 bits per heavy atom. The summed E-state index contributed by atoms with van der Waals surface area (Å²) in [5.74, 6) is -3.45. The van der Waals surface area contributed by atoms with Crippen LogP contribution in [0.3, 0.4) is 0 Å². The number of nitrogens with one attached hydrogen (secondary N) is 6. The summed E-state index contributed by atoms with van der Waals surface area (Å²) in [6.45, 7) is 6.72. The van der Waals surface area contributed by atoms with E-state index in [1.54, 1.807) is 48.0 Å². The lowest BCUT2D eigenvalue weighted by Gasteiger charge is -2.35. The molecule has 2 saturated carbocycles. The molecule has 10 rings (SSSR count). The number of benzene rings is 6. The highest BCUT2D eigenvalue weighted by molar-refractivity contribution is 5.98. The predicted molar refractivity (Wildman–Crippen MR) is 378 cm³/mol. The molecule has 6 aromatic rings. The number of rotatable bonds is 30. The molecule has 2 saturated heterocycles. The van der Waals surface area contributed by atoms with E-state index in [1.165, 1.54) is 0 Å². The lowest BCUT2D eigenvalue weighted by molar-refractivity contribution is -0.145. The second kappa shape index (κ2) is 35.6. The number of carbonyl (C=O) groups is 8. The Balaban J connectivity index is 0.822. The molecule has 2 aliphatic carbocycles. The average molecular weight is 1330 g/mol. The molecule has 0 spiro atoms. The number of hydrogen-bond donors (Lipinski definition) is 6. The molecule has 518 valence electrons. The van der Waals surface area contributed by atoms with E-state index in [1.807, 2.05) is 159 Å². The van der Waals surface area contributed by atoms with Crippen LogP contribution in [0.15, 0.2) is 170 Å². The molecule has 0 bridgehead atoms. The SMILES string of the molecule is CC[C@@H](C)C(=O)N[C@H](C(=O)N1C[C@@H](NC(=O)c2ccc(-c3ccc(C(=O)N[C@H]4C[C@@H](C(=O)N[C@H](COCc5ccccc5)c5ccccc5)N(C(=O)[C@@H](CC(=O)[C@H](C)NC)C5CCCCC5)C4)cc3)cc2)C[C@H]1C(=O)N[C@H](COCc1ccccc1)c1ccccc1)C1CCCCC1. The smallest absolute Gasteiger partial charge is 0.251 e. The van der Waals surface area contributed by atoms with Crippen LogP contribution in [0.4, 0.5) is 0 Å². The number of ketones is 1. The van der Waals surface area contributed by atoms with Gasteiger partial charge >= 0.3 is 0 Å². The Labute approximate surface area is 577 Å². The zero-order valence-corrected chi connectivity index (χ0v) is 57.2. The first kappa shape index (κ1) is 71.9. The van der Waals surface area contributed by atoms with Crippen molar-refractivity contribution in [3.05, 3.63) is 203 Å². The van der Waals surface area contributed by atoms with Gasteiger partial charge in [0.05, 0.1) is 44.6 Å². The van der Waals surface area contributed by atoms with Gasteiger partial charge in [-0.05, 0) is 128 Å². The molecule has 2 heterocycles. The van der Waals surface area contributed by atoms with Crippen LogP contribution >= 0.6 is 0 Å². The van der Waals surface area contributed by atoms with Crippen LogP contribution in [-0.4, -0.2) is 127 Å². The Bertz CT molecular complexity index is 3350. The summed E-state index contributed by atoms with van der Waals surface area (Å²) < 4.78 is 12.4. The summed E-state index contributed by atoms with van der Waals surface area (Å²) in [5, 5.41) is 18.9. The van der Waals surface area contributed by atoms with Crippen LogP contribution in [0.2, 0.25) is 0 Å². The van der Waals surface area contributed by atoms with E-state index in [-0.39, 0.29) is 110 Å². The molecule has 0 unspecified atom stereocenters. The van der Waals surface area contributed by atoms with Gasteiger partial charge in [-0.1, -0.05) is 198 Å². The van der Waals surface area contributed by atoms with Gasteiger partial charge in [-0.15, -0.1) is 0 Å². The molecule has 7 amide bonds. The summed E-state index contributed by atoms with van der Waals surface area (Å²) in [6, 6.07) is 47.4. The lowest BCUT2D eigenvalue weighted by atomic mass is 9.76. The number of amides is 7.